The molecule has 1 amide bonds. The van der Waals surface area contributed by atoms with Gasteiger partial charge >= 0.3 is 0 Å². The van der Waals surface area contributed by atoms with Crippen molar-refractivity contribution in [3.05, 3.63) is 35.4 Å². The van der Waals surface area contributed by atoms with E-state index < -0.39 is 0 Å². The molecule has 0 spiro atoms. The average molecular weight is 234 g/mol. The van der Waals surface area contributed by atoms with Gasteiger partial charge in [-0.05, 0) is 31.4 Å². The van der Waals surface area contributed by atoms with Crippen LogP contribution in [-0.4, -0.2) is 18.0 Å². The number of nitrogens with two attached hydrogens (primary N) is 1. The van der Waals surface area contributed by atoms with Gasteiger partial charge in [0.05, 0.1) is 6.42 Å². The number of hydrogen-bond acceptors (Lipinski definition) is 2. The summed E-state index contributed by atoms with van der Waals surface area (Å²) in [6.45, 7) is 6.40. The number of benzene rings is 1. The highest BCUT2D eigenvalue weighted by Crippen LogP contribution is 2.05. The van der Waals surface area contributed by atoms with Crippen molar-refractivity contribution < 1.29 is 4.79 Å². The van der Waals surface area contributed by atoms with Crippen LogP contribution in [0.5, 0.6) is 0 Å². The van der Waals surface area contributed by atoms with Gasteiger partial charge in [-0.2, -0.15) is 0 Å². The Morgan fingerprint density at radius 3 is 2.24 bits per heavy atom. The van der Waals surface area contributed by atoms with Crippen LogP contribution in [0.3, 0.4) is 0 Å². The van der Waals surface area contributed by atoms with E-state index in [0.717, 1.165) is 12.0 Å². The molecular formula is C14H22N2O. The van der Waals surface area contributed by atoms with Gasteiger partial charge in [0.25, 0.3) is 0 Å². The molecule has 0 unspecified atom stereocenters. The first-order valence-electron chi connectivity index (χ1n) is 6.04. The highest BCUT2D eigenvalue weighted by atomic mass is 16.1. The SMILES string of the molecule is CCc1ccc(CC(=O)NCC(C)(C)N)cc1. The maximum atomic E-state index is 11.6. The van der Waals surface area contributed by atoms with Crippen LogP contribution in [0.15, 0.2) is 24.3 Å². The number of rotatable bonds is 5. The van der Waals surface area contributed by atoms with Crippen molar-refractivity contribution in [1.82, 2.24) is 5.32 Å². The van der Waals surface area contributed by atoms with Gasteiger partial charge in [-0.1, -0.05) is 31.2 Å². The van der Waals surface area contributed by atoms with Gasteiger partial charge in [-0.25, -0.2) is 0 Å². The summed E-state index contributed by atoms with van der Waals surface area (Å²) in [5.41, 5.74) is 7.77. The first kappa shape index (κ1) is 13.7. The first-order valence-corrected chi connectivity index (χ1v) is 6.04. The fourth-order valence-electron chi connectivity index (χ4n) is 1.47. The van der Waals surface area contributed by atoms with Crippen LogP contribution in [0, 0.1) is 0 Å². The zero-order valence-corrected chi connectivity index (χ0v) is 10.9. The number of amides is 1. The van der Waals surface area contributed by atoms with Crippen molar-refractivity contribution in [2.24, 2.45) is 5.73 Å². The molecule has 3 N–H and O–H groups in total. The molecule has 0 atom stereocenters. The minimum absolute atomic E-state index is 0.0211. The Hall–Kier alpha value is -1.35. The standard InChI is InChI=1S/C14H22N2O/c1-4-11-5-7-12(8-6-11)9-13(17)16-10-14(2,3)15/h5-8H,4,9-10,15H2,1-3H3,(H,16,17). The second kappa shape index (κ2) is 5.82. The monoisotopic (exact) mass is 234 g/mol. The summed E-state index contributed by atoms with van der Waals surface area (Å²) in [6.07, 6.45) is 1.44. The summed E-state index contributed by atoms with van der Waals surface area (Å²) in [4.78, 5) is 11.6. The average Bonchev–Trinajstić information content (AvgIpc) is 2.27. The van der Waals surface area contributed by atoms with Crippen LogP contribution in [0.25, 0.3) is 0 Å². The predicted molar refractivity (Wildman–Crippen MR) is 70.8 cm³/mol. The second-order valence-corrected chi connectivity index (χ2v) is 5.11. The van der Waals surface area contributed by atoms with Gasteiger partial charge in [0.1, 0.15) is 0 Å². The van der Waals surface area contributed by atoms with E-state index in [2.05, 4.69) is 24.4 Å². The van der Waals surface area contributed by atoms with Crippen LogP contribution in [-0.2, 0) is 17.6 Å². The third-order valence-electron chi connectivity index (χ3n) is 2.54. The zero-order valence-electron chi connectivity index (χ0n) is 10.9. The van der Waals surface area contributed by atoms with Gasteiger partial charge in [0.15, 0.2) is 0 Å². The predicted octanol–water partition coefficient (Wildman–Crippen LogP) is 1.64. The summed E-state index contributed by atoms with van der Waals surface area (Å²) in [5.74, 6) is 0.0211. The molecule has 0 saturated heterocycles. The molecule has 0 aliphatic rings. The van der Waals surface area contributed by atoms with Gasteiger partial charge in [-0.15, -0.1) is 0 Å². The zero-order chi connectivity index (χ0) is 12.9. The van der Waals surface area contributed by atoms with E-state index in [4.69, 9.17) is 5.73 Å². The lowest BCUT2D eigenvalue weighted by molar-refractivity contribution is -0.120. The summed E-state index contributed by atoms with van der Waals surface area (Å²) < 4.78 is 0. The third-order valence-corrected chi connectivity index (χ3v) is 2.54. The van der Waals surface area contributed by atoms with E-state index in [0.29, 0.717) is 13.0 Å². The molecule has 0 aromatic heterocycles. The molecule has 0 fully saturated rings. The van der Waals surface area contributed by atoms with Crippen LogP contribution in [0.2, 0.25) is 0 Å². The molecule has 17 heavy (non-hydrogen) atoms. The van der Waals surface area contributed by atoms with Crippen molar-refractivity contribution in [1.29, 1.82) is 0 Å². The fourth-order valence-corrected chi connectivity index (χ4v) is 1.47. The Bertz CT molecular complexity index is 363. The summed E-state index contributed by atoms with van der Waals surface area (Å²) in [5, 5.41) is 2.84. The molecule has 0 heterocycles. The lowest BCUT2D eigenvalue weighted by Crippen LogP contribution is -2.45. The maximum absolute atomic E-state index is 11.6. The van der Waals surface area contributed by atoms with Crippen molar-refractivity contribution in [2.45, 2.75) is 39.2 Å². The lowest BCUT2D eigenvalue weighted by atomic mass is 10.1. The van der Waals surface area contributed by atoms with E-state index in [1.807, 2.05) is 26.0 Å². The Labute approximate surface area is 103 Å². The summed E-state index contributed by atoms with van der Waals surface area (Å²) in [6, 6.07) is 8.14. The topological polar surface area (TPSA) is 55.1 Å². The molecule has 3 heteroatoms. The molecule has 1 rings (SSSR count). The molecule has 0 radical (unpaired) electrons. The number of aryl methyl sites for hydroxylation is 1. The fraction of sp³-hybridized carbons (Fsp3) is 0.500. The lowest BCUT2D eigenvalue weighted by Gasteiger charge is -2.18. The highest BCUT2D eigenvalue weighted by Gasteiger charge is 2.12. The van der Waals surface area contributed by atoms with E-state index in [1.54, 1.807) is 0 Å². The smallest absolute Gasteiger partial charge is 0.224 e. The third kappa shape index (κ3) is 5.50. The minimum atomic E-state index is -0.359. The van der Waals surface area contributed by atoms with Crippen LogP contribution < -0.4 is 11.1 Å². The molecule has 1 aromatic carbocycles. The number of hydrogen-bond donors (Lipinski definition) is 2. The molecular weight excluding hydrogens is 212 g/mol. The molecule has 0 bridgehead atoms. The van der Waals surface area contributed by atoms with Crippen LogP contribution >= 0.6 is 0 Å². The molecule has 0 aliphatic carbocycles. The largest absolute Gasteiger partial charge is 0.354 e. The Kier molecular flexibility index (Phi) is 4.70. The Morgan fingerprint density at radius 1 is 1.24 bits per heavy atom. The molecule has 0 saturated carbocycles. The van der Waals surface area contributed by atoms with Gasteiger partial charge < -0.3 is 11.1 Å². The number of carbonyl (C=O) groups excluding carboxylic acids is 1. The van der Waals surface area contributed by atoms with Crippen molar-refractivity contribution in [2.75, 3.05) is 6.54 Å². The van der Waals surface area contributed by atoms with E-state index in [9.17, 15) is 4.79 Å². The molecule has 3 nitrogen and oxygen atoms in total. The summed E-state index contributed by atoms with van der Waals surface area (Å²) in [7, 11) is 0. The van der Waals surface area contributed by atoms with Crippen molar-refractivity contribution in [3.8, 4) is 0 Å². The van der Waals surface area contributed by atoms with E-state index in [1.165, 1.54) is 5.56 Å². The van der Waals surface area contributed by atoms with E-state index >= 15 is 0 Å². The highest BCUT2D eigenvalue weighted by molar-refractivity contribution is 5.78. The van der Waals surface area contributed by atoms with E-state index in [-0.39, 0.29) is 11.4 Å². The Morgan fingerprint density at radius 2 is 1.76 bits per heavy atom. The maximum Gasteiger partial charge on any atom is 0.224 e. The van der Waals surface area contributed by atoms with Crippen LogP contribution in [0.4, 0.5) is 0 Å². The molecule has 94 valence electrons. The van der Waals surface area contributed by atoms with Gasteiger partial charge in [0.2, 0.25) is 5.91 Å². The van der Waals surface area contributed by atoms with Crippen molar-refractivity contribution >= 4 is 5.91 Å². The van der Waals surface area contributed by atoms with Gasteiger partial charge in [-0.3, -0.25) is 4.79 Å². The first-order chi connectivity index (χ1) is 7.90. The second-order valence-electron chi connectivity index (χ2n) is 5.11. The number of carbonyl (C=O) groups is 1. The molecule has 0 aliphatic heterocycles. The van der Waals surface area contributed by atoms with Gasteiger partial charge in [0, 0.05) is 12.1 Å². The van der Waals surface area contributed by atoms with Crippen molar-refractivity contribution in [3.63, 3.8) is 0 Å². The summed E-state index contributed by atoms with van der Waals surface area (Å²) >= 11 is 0. The number of nitrogens with one attached hydrogen (secondary N) is 1. The normalized spacial score (nSPS) is 11.3. The quantitative estimate of drug-likeness (QED) is 0.814. The minimum Gasteiger partial charge on any atom is -0.354 e. The Balaban J connectivity index is 2.45. The van der Waals surface area contributed by atoms with Crippen LogP contribution in [0.1, 0.15) is 31.9 Å². The molecule has 1 aromatic rings.